The highest BCUT2D eigenvalue weighted by Crippen LogP contribution is 2.35. The molecule has 2 aliphatic rings. The summed E-state index contributed by atoms with van der Waals surface area (Å²) in [6, 6.07) is 31.8. The number of carbonyl (C=O) groups is 3. The third-order valence-corrected chi connectivity index (χ3v) is 8.59. The minimum absolute atomic E-state index is 0.0267. The molecule has 2 fully saturated rings. The second-order valence-corrected chi connectivity index (χ2v) is 11.3. The lowest BCUT2D eigenvalue weighted by Crippen LogP contribution is -2.59. The quantitative estimate of drug-likeness (QED) is 0.279. The van der Waals surface area contributed by atoms with Gasteiger partial charge in [-0.1, -0.05) is 84.9 Å². The summed E-state index contributed by atoms with van der Waals surface area (Å²) in [6.07, 6.45) is 1.51. The molecule has 4 aromatic rings. The number of hydrogen-bond donors (Lipinski definition) is 1. The Bertz CT molecular complexity index is 1640. The summed E-state index contributed by atoms with van der Waals surface area (Å²) in [6.45, 7) is 0.931. The van der Waals surface area contributed by atoms with Gasteiger partial charge in [0.2, 0.25) is 5.91 Å². The fourth-order valence-electron chi connectivity index (χ4n) is 6.20. The van der Waals surface area contributed by atoms with Crippen LogP contribution in [-0.2, 0) is 29.1 Å². The molecule has 0 aromatic heterocycles. The maximum Gasteiger partial charge on any atom is 0.338 e. The van der Waals surface area contributed by atoms with Crippen molar-refractivity contribution >= 4 is 17.8 Å². The molecule has 4 aromatic carbocycles. The van der Waals surface area contributed by atoms with Crippen LogP contribution in [0.1, 0.15) is 50.2 Å². The summed E-state index contributed by atoms with van der Waals surface area (Å²) in [4.78, 5) is 43.7. The number of esters is 1. The van der Waals surface area contributed by atoms with Crippen molar-refractivity contribution in [2.75, 3.05) is 13.1 Å². The molecule has 1 atom stereocenters. The highest BCUT2D eigenvalue weighted by atomic mass is 19.1. The molecule has 44 heavy (non-hydrogen) atoms. The molecule has 7 nitrogen and oxygen atoms in total. The first kappa shape index (κ1) is 29.3. The van der Waals surface area contributed by atoms with Crippen molar-refractivity contribution in [3.8, 4) is 0 Å². The van der Waals surface area contributed by atoms with Crippen molar-refractivity contribution in [3.63, 3.8) is 0 Å². The number of carbonyl (C=O) groups excluding carboxylic acids is 3. The first-order chi connectivity index (χ1) is 21.4. The molecule has 2 aliphatic heterocycles. The molecule has 8 heteroatoms. The van der Waals surface area contributed by atoms with E-state index in [1.54, 1.807) is 70.5 Å². The van der Waals surface area contributed by atoms with Crippen molar-refractivity contribution in [1.29, 1.82) is 0 Å². The van der Waals surface area contributed by atoms with Crippen LogP contribution in [-0.4, -0.2) is 52.4 Å². The lowest BCUT2D eigenvalue weighted by atomic mass is 9.94. The number of nitrogens with one attached hydrogen (secondary N) is 1. The number of benzene rings is 4. The van der Waals surface area contributed by atoms with Crippen LogP contribution in [0, 0.1) is 5.82 Å². The molecule has 2 saturated heterocycles. The van der Waals surface area contributed by atoms with Gasteiger partial charge in [0.1, 0.15) is 12.4 Å². The summed E-state index contributed by atoms with van der Waals surface area (Å²) in [7, 11) is 0. The molecule has 1 spiro atoms. The van der Waals surface area contributed by atoms with E-state index >= 15 is 0 Å². The minimum Gasteiger partial charge on any atom is -0.457 e. The third-order valence-electron chi connectivity index (χ3n) is 8.59. The average molecular weight is 592 g/mol. The second kappa shape index (κ2) is 12.8. The Balaban J connectivity index is 1.18. The zero-order valence-corrected chi connectivity index (χ0v) is 24.3. The number of nitrogens with zero attached hydrogens (tertiary/aromatic N) is 2. The molecule has 0 bridgehead atoms. The van der Waals surface area contributed by atoms with Crippen LogP contribution in [0.15, 0.2) is 109 Å². The van der Waals surface area contributed by atoms with E-state index in [1.807, 2.05) is 42.5 Å². The Hall–Kier alpha value is -4.82. The van der Waals surface area contributed by atoms with Gasteiger partial charge in [-0.05, 0) is 36.2 Å². The predicted octanol–water partition coefficient (Wildman–Crippen LogP) is 5.36. The Morgan fingerprint density at radius 2 is 1.43 bits per heavy atom. The van der Waals surface area contributed by atoms with E-state index in [0.29, 0.717) is 54.6 Å². The highest BCUT2D eigenvalue weighted by molar-refractivity contribution is 5.96. The second-order valence-electron chi connectivity index (χ2n) is 11.3. The number of halogens is 1. The molecule has 2 heterocycles. The summed E-state index contributed by atoms with van der Waals surface area (Å²) in [5, 5.41) is 3.61. The van der Waals surface area contributed by atoms with Crippen molar-refractivity contribution in [2.24, 2.45) is 0 Å². The minimum atomic E-state index is -0.708. The van der Waals surface area contributed by atoms with Crippen LogP contribution in [0.5, 0.6) is 0 Å². The van der Waals surface area contributed by atoms with Crippen LogP contribution in [0.4, 0.5) is 4.39 Å². The van der Waals surface area contributed by atoms with Crippen LogP contribution < -0.4 is 5.32 Å². The first-order valence-electron chi connectivity index (χ1n) is 14.9. The Labute approximate surface area is 256 Å². The standard InChI is InChI=1S/C36H34FN3O4/c37-31-18-10-8-15-28(31)24-40-34(42)32(23-26-11-3-1-4-12-26)38-36(40)19-21-39(22-20-36)33(41)30-17-9-7-16-29(30)25-44-35(43)27-13-5-2-6-14-27/h1-18,32,38H,19-25H2. The Kier molecular flexibility index (Phi) is 8.52. The lowest BCUT2D eigenvalue weighted by Gasteiger charge is -2.45. The van der Waals surface area contributed by atoms with Gasteiger partial charge in [0.15, 0.2) is 0 Å². The molecule has 0 saturated carbocycles. The number of piperidine rings is 1. The zero-order chi connectivity index (χ0) is 30.5. The number of amides is 2. The molecule has 0 radical (unpaired) electrons. The van der Waals surface area contributed by atoms with Gasteiger partial charge in [-0.15, -0.1) is 0 Å². The van der Waals surface area contributed by atoms with Gasteiger partial charge in [-0.2, -0.15) is 0 Å². The molecule has 6 rings (SSSR count). The van der Waals surface area contributed by atoms with Gasteiger partial charge < -0.3 is 14.5 Å². The predicted molar refractivity (Wildman–Crippen MR) is 164 cm³/mol. The van der Waals surface area contributed by atoms with E-state index in [4.69, 9.17) is 4.74 Å². The van der Waals surface area contributed by atoms with Crippen molar-refractivity contribution in [1.82, 2.24) is 15.1 Å². The van der Waals surface area contributed by atoms with Gasteiger partial charge in [0.25, 0.3) is 5.91 Å². The number of rotatable bonds is 8. The van der Waals surface area contributed by atoms with Crippen LogP contribution in [0.3, 0.4) is 0 Å². The highest BCUT2D eigenvalue weighted by Gasteiger charge is 2.51. The van der Waals surface area contributed by atoms with E-state index < -0.39 is 17.7 Å². The summed E-state index contributed by atoms with van der Waals surface area (Å²) in [5.74, 6) is -1.02. The topological polar surface area (TPSA) is 79.0 Å². The van der Waals surface area contributed by atoms with Crippen LogP contribution in [0.2, 0.25) is 0 Å². The van der Waals surface area contributed by atoms with E-state index in [2.05, 4.69) is 5.32 Å². The maximum atomic E-state index is 14.7. The largest absolute Gasteiger partial charge is 0.457 e. The van der Waals surface area contributed by atoms with E-state index in [1.165, 1.54) is 6.07 Å². The zero-order valence-electron chi connectivity index (χ0n) is 24.3. The molecule has 224 valence electrons. The fourth-order valence-corrected chi connectivity index (χ4v) is 6.20. The van der Waals surface area contributed by atoms with Crippen molar-refractivity contribution < 1.29 is 23.5 Å². The lowest BCUT2D eigenvalue weighted by molar-refractivity contribution is -0.134. The number of likely N-dealkylation sites (tertiary alicyclic amines) is 1. The summed E-state index contributed by atoms with van der Waals surface area (Å²) < 4.78 is 20.3. The number of ether oxygens (including phenoxy) is 1. The molecule has 2 amide bonds. The maximum absolute atomic E-state index is 14.7. The number of hydrogen-bond acceptors (Lipinski definition) is 5. The fraction of sp³-hybridized carbons (Fsp3) is 0.250. The van der Waals surface area contributed by atoms with Crippen molar-refractivity contribution in [2.45, 2.75) is 44.1 Å². The molecular weight excluding hydrogens is 557 g/mol. The monoisotopic (exact) mass is 591 g/mol. The van der Waals surface area contributed by atoms with Crippen molar-refractivity contribution in [3.05, 3.63) is 143 Å². The van der Waals surface area contributed by atoms with Crippen LogP contribution in [0.25, 0.3) is 0 Å². The smallest absolute Gasteiger partial charge is 0.338 e. The van der Waals surface area contributed by atoms with Gasteiger partial charge in [-0.25, -0.2) is 9.18 Å². The molecule has 1 unspecified atom stereocenters. The van der Waals surface area contributed by atoms with E-state index in [9.17, 15) is 18.8 Å². The van der Waals surface area contributed by atoms with Gasteiger partial charge >= 0.3 is 5.97 Å². The van der Waals surface area contributed by atoms with E-state index in [0.717, 1.165) is 5.56 Å². The first-order valence-corrected chi connectivity index (χ1v) is 14.9. The third kappa shape index (κ3) is 6.12. The van der Waals surface area contributed by atoms with Gasteiger partial charge in [-0.3, -0.25) is 14.9 Å². The molecular formula is C36H34FN3O4. The Morgan fingerprint density at radius 1 is 0.818 bits per heavy atom. The SMILES string of the molecule is O=C(OCc1ccccc1C(=O)N1CCC2(CC1)NC(Cc1ccccc1)C(=O)N2Cc1ccccc1F)c1ccccc1. The summed E-state index contributed by atoms with van der Waals surface area (Å²) >= 11 is 0. The van der Waals surface area contributed by atoms with E-state index in [-0.39, 0.29) is 30.8 Å². The van der Waals surface area contributed by atoms with Gasteiger partial charge in [0.05, 0.1) is 23.8 Å². The van der Waals surface area contributed by atoms with Crippen LogP contribution >= 0.6 is 0 Å². The van der Waals surface area contributed by atoms with Gasteiger partial charge in [0, 0.05) is 42.6 Å². The molecule has 1 N–H and O–H groups in total. The Morgan fingerprint density at radius 3 is 2.14 bits per heavy atom. The normalized spacial score (nSPS) is 17.6. The molecule has 0 aliphatic carbocycles. The summed E-state index contributed by atoms with van der Waals surface area (Å²) in [5.41, 5.74) is 2.34. The average Bonchev–Trinajstić information content (AvgIpc) is 3.30.